The van der Waals surface area contributed by atoms with E-state index >= 15 is 0 Å². The van der Waals surface area contributed by atoms with Crippen molar-refractivity contribution in [1.82, 2.24) is 15.1 Å². The Morgan fingerprint density at radius 1 is 1.38 bits per heavy atom. The minimum absolute atomic E-state index is 0.145. The van der Waals surface area contributed by atoms with Gasteiger partial charge >= 0.3 is 5.97 Å². The molecule has 1 aromatic carbocycles. The molecule has 0 unspecified atom stereocenters. The van der Waals surface area contributed by atoms with Crippen LogP contribution in [-0.2, 0) is 11.3 Å². The molecule has 0 aliphatic heterocycles. The van der Waals surface area contributed by atoms with Crippen LogP contribution in [0.15, 0.2) is 30.5 Å². The van der Waals surface area contributed by atoms with E-state index in [4.69, 9.17) is 5.11 Å². The Morgan fingerprint density at radius 2 is 2.08 bits per heavy atom. The number of carboxylic acid groups (broad SMARTS) is 1. The predicted octanol–water partition coefficient (Wildman–Crippen LogP) is 2.69. The summed E-state index contributed by atoms with van der Waals surface area (Å²) in [6.07, 6.45) is 2.08. The van der Waals surface area contributed by atoms with Crippen molar-refractivity contribution in [2.75, 3.05) is 0 Å². The summed E-state index contributed by atoms with van der Waals surface area (Å²) < 4.78 is 15.6. The lowest BCUT2D eigenvalue weighted by molar-refractivity contribution is -0.137. The van der Waals surface area contributed by atoms with Gasteiger partial charge in [0.25, 0.3) is 5.91 Å². The number of carbonyl (C=O) groups is 2. The fraction of sp³-hybridized carbons (Fsp3) is 0.353. The molecule has 0 bridgehead atoms. The topological polar surface area (TPSA) is 84.2 Å². The molecule has 1 amide bonds. The smallest absolute Gasteiger partial charge is 0.305 e. The molecule has 1 heterocycles. The average molecular weight is 333 g/mol. The third kappa shape index (κ3) is 4.18. The first kappa shape index (κ1) is 17.7. The van der Waals surface area contributed by atoms with Gasteiger partial charge < -0.3 is 10.4 Å². The molecule has 2 N–H and O–H groups in total. The van der Waals surface area contributed by atoms with Crippen molar-refractivity contribution in [2.45, 2.75) is 39.3 Å². The molecule has 0 spiro atoms. The molecule has 1 atom stereocenters. The Labute approximate surface area is 139 Å². The zero-order chi connectivity index (χ0) is 17.7. The summed E-state index contributed by atoms with van der Waals surface area (Å²) in [5.41, 5.74) is 1.05. The van der Waals surface area contributed by atoms with E-state index in [1.165, 1.54) is 18.2 Å². The van der Waals surface area contributed by atoms with Gasteiger partial charge in [-0.1, -0.05) is 25.1 Å². The first-order valence-corrected chi connectivity index (χ1v) is 7.73. The molecule has 1 aromatic heterocycles. The molecule has 0 fully saturated rings. The third-order valence-corrected chi connectivity index (χ3v) is 3.61. The van der Waals surface area contributed by atoms with E-state index < -0.39 is 30.2 Å². The Kier molecular flexibility index (Phi) is 5.68. The van der Waals surface area contributed by atoms with E-state index in [9.17, 15) is 14.0 Å². The standard InChI is InChI=1S/C17H20FN3O3/c1-3-8-21-10-13(11(2)20-21)17(24)19-15(9-16(22)23)12-6-4-5-7-14(12)18/h4-7,10,15H,3,8-9H2,1-2H3,(H,19,24)(H,22,23)/t15-/m1/s1. The van der Waals surface area contributed by atoms with Crippen LogP contribution in [0.5, 0.6) is 0 Å². The number of hydrogen-bond donors (Lipinski definition) is 2. The van der Waals surface area contributed by atoms with E-state index in [1.54, 1.807) is 23.9 Å². The lowest BCUT2D eigenvalue weighted by Gasteiger charge is -2.17. The summed E-state index contributed by atoms with van der Waals surface area (Å²) >= 11 is 0. The van der Waals surface area contributed by atoms with Crippen LogP contribution in [0.4, 0.5) is 4.39 Å². The maximum atomic E-state index is 14.0. The maximum absolute atomic E-state index is 14.0. The van der Waals surface area contributed by atoms with Crippen molar-refractivity contribution in [3.63, 3.8) is 0 Å². The summed E-state index contributed by atoms with van der Waals surface area (Å²) in [5.74, 6) is -2.14. The highest BCUT2D eigenvalue weighted by Crippen LogP contribution is 2.21. The highest BCUT2D eigenvalue weighted by atomic mass is 19.1. The van der Waals surface area contributed by atoms with Gasteiger partial charge in [-0.25, -0.2) is 4.39 Å². The zero-order valence-corrected chi connectivity index (χ0v) is 13.6. The molecule has 0 saturated carbocycles. The lowest BCUT2D eigenvalue weighted by atomic mass is 10.0. The number of aryl methyl sites for hydroxylation is 2. The summed E-state index contributed by atoms with van der Waals surface area (Å²) in [4.78, 5) is 23.6. The molecule has 2 rings (SSSR count). The van der Waals surface area contributed by atoms with E-state index in [0.29, 0.717) is 17.8 Å². The molecule has 128 valence electrons. The largest absolute Gasteiger partial charge is 0.481 e. The van der Waals surface area contributed by atoms with Gasteiger partial charge in [0.15, 0.2) is 0 Å². The van der Waals surface area contributed by atoms with Crippen LogP contribution >= 0.6 is 0 Å². The number of halogens is 1. The van der Waals surface area contributed by atoms with Crippen LogP contribution in [0.25, 0.3) is 0 Å². The molecular formula is C17H20FN3O3. The first-order chi connectivity index (χ1) is 11.4. The molecule has 0 aliphatic rings. The summed E-state index contributed by atoms with van der Waals surface area (Å²) in [5, 5.41) is 15.9. The van der Waals surface area contributed by atoms with Crippen LogP contribution in [0.3, 0.4) is 0 Å². The van der Waals surface area contributed by atoms with Crippen molar-refractivity contribution < 1.29 is 19.1 Å². The Hall–Kier alpha value is -2.70. The molecule has 0 saturated heterocycles. The van der Waals surface area contributed by atoms with E-state index in [-0.39, 0.29) is 5.56 Å². The van der Waals surface area contributed by atoms with Gasteiger partial charge in [-0.2, -0.15) is 5.10 Å². The SMILES string of the molecule is CCCn1cc(C(=O)N[C@H](CC(=O)O)c2ccccc2F)c(C)n1. The number of nitrogens with one attached hydrogen (secondary N) is 1. The minimum atomic E-state index is -1.12. The number of rotatable bonds is 7. The highest BCUT2D eigenvalue weighted by molar-refractivity contribution is 5.95. The highest BCUT2D eigenvalue weighted by Gasteiger charge is 2.23. The van der Waals surface area contributed by atoms with Crippen molar-refractivity contribution in [1.29, 1.82) is 0 Å². The van der Waals surface area contributed by atoms with Crippen LogP contribution in [0.2, 0.25) is 0 Å². The molecule has 6 nitrogen and oxygen atoms in total. The van der Waals surface area contributed by atoms with Gasteiger partial charge in [-0.15, -0.1) is 0 Å². The molecule has 24 heavy (non-hydrogen) atoms. The second-order valence-electron chi connectivity index (χ2n) is 5.54. The molecule has 0 aliphatic carbocycles. The third-order valence-electron chi connectivity index (χ3n) is 3.61. The van der Waals surface area contributed by atoms with Gasteiger partial charge in [0.2, 0.25) is 0 Å². The molecule has 0 radical (unpaired) electrons. The van der Waals surface area contributed by atoms with E-state index in [0.717, 1.165) is 6.42 Å². The van der Waals surface area contributed by atoms with Crippen LogP contribution in [0, 0.1) is 12.7 Å². The number of aliphatic carboxylic acids is 1. The Bertz CT molecular complexity index is 742. The maximum Gasteiger partial charge on any atom is 0.305 e. The van der Waals surface area contributed by atoms with Gasteiger partial charge in [-0.3, -0.25) is 14.3 Å². The number of aromatic nitrogens is 2. The number of hydrogen-bond acceptors (Lipinski definition) is 3. The summed E-state index contributed by atoms with van der Waals surface area (Å²) in [6, 6.07) is 4.86. The lowest BCUT2D eigenvalue weighted by Crippen LogP contribution is -2.31. The Morgan fingerprint density at radius 3 is 2.71 bits per heavy atom. The van der Waals surface area contributed by atoms with Crippen LogP contribution in [-0.4, -0.2) is 26.8 Å². The van der Waals surface area contributed by atoms with Crippen LogP contribution in [0.1, 0.15) is 47.4 Å². The molecule has 2 aromatic rings. The van der Waals surface area contributed by atoms with E-state index in [2.05, 4.69) is 10.4 Å². The van der Waals surface area contributed by atoms with Crippen LogP contribution < -0.4 is 5.32 Å². The van der Waals surface area contributed by atoms with Crippen molar-refractivity contribution in [3.8, 4) is 0 Å². The second kappa shape index (κ2) is 7.72. The first-order valence-electron chi connectivity index (χ1n) is 7.73. The number of carbonyl (C=O) groups excluding carboxylic acids is 1. The number of benzene rings is 1. The monoisotopic (exact) mass is 333 g/mol. The minimum Gasteiger partial charge on any atom is -0.481 e. The molecule has 7 heteroatoms. The normalized spacial score (nSPS) is 12.0. The van der Waals surface area contributed by atoms with Crippen molar-refractivity contribution in [2.24, 2.45) is 0 Å². The van der Waals surface area contributed by atoms with E-state index in [1.807, 2.05) is 6.92 Å². The second-order valence-corrected chi connectivity index (χ2v) is 5.54. The molecular weight excluding hydrogens is 313 g/mol. The average Bonchev–Trinajstić information content (AvgIpc) is 2.88. The van der Waals surface area contributed by atoms with Crippen molar-refractivity contribution in [3.05, 3.63) is 53.1 Å². The Balaban J connectivity index is 2.24. The quantitative estimate of drug-likeness (QED) is 0.816. The number of nitrogens with zero attached hydrogens (tertiary/aromatic N) is 2. The number of amides is 1. The summed E-state index contributed by atoms with van der Waals surface area (Å²) in [6.45, 7) is 4.38. The fourth-order valence-electron chi connectivity index (χ4n) is 2.49. The van der Waals surface area contributed by atoms with Gasteiger partial charge in [0.05, 0.1) is 23.7 Å². The summed E-state index contributed by atoms with van der Waals surface area (Å²) in [7, 11) is 0. The van der Waals surface area contributed by atoms with Gasteiger partial charge in [-0.05, 0) is 19.4 Å². The van der Waals surface area contributed by atoms with Gasteiger partial charge in [0.1, 0.15) is 5.82 Å². The van der Waals surface area contributed by atoms with Gasteiger partial charge in [0, 0.05) is 18.3 Å². The van der Waals surface area contributed by atoms with Crippen molar-refractivity contribution >= 4 is 11.9 Å². The zero-order valence-electron chi connectivity index (χ0n) is 13.6. The predicted molar refractivity (Wildman–Crippen MR) is 86.1 cm³/mol. The number of carboxylic acids is 1. The fourth-order valence-corrected chi connectivity index (χ4v) is 2.49.